The van der Waals surface area contributed by atoms with E-state index in [0.717, 1.165) is 6.42 Å². The molecule has 0 atom stereocenters. The van der Waals surface area contributed by atoms with Crippen molar-refractivity contribution in [1.82, 2.24) is 0 Å². The van der Waals surface area contributed by atoms with Gasteiger partial charge >= 0.3 is 0 Å². The lowest BCUT2D eigenvalue weighted by molar-refractivity contribution is -0.114. The Kier molecular flexibility index (Phi) is 6.65. The van der Waals surface area contributed by atoms with Gasteiger partial charge in [0.1, 0.15) is 0 Å². The quantitative estimate of drug-likeness (QED) is 0.431. The Balaban J connectivity index is 4.40. The summed E-state index contributed by atoms with van der Waals surface area (Å²) in [5, 5.41) is 0. The molecule has 0 heterocycles. The zero-order chi connectivity index (χ0) is 12.1. The Labute approximate surface area is 106 Å². The highest BCUT2D eigenvalue weighted by Crippen LogP contribution is 2.28. The minimum absolute atomic E-state index is 0.534. The molecule has 0 amide bonds. The van der Waals surface area contributed by atoms with Crippen molar-refractivity contribution in [1.29, 1.82) is 0 Å². The Morgan fingerprint density at radius 1 is 1.40 bits per heavy atom. The maximum Gasteiger partial charge on any atom is 0.252 e. The number of hydrogen-bond donors (Lipinski definition) is 0. The molecule has 0 saturated carbocycles. The van der Waals surface area contributed by atoms with Gasteiger partial charge in [-0.1, -0.05) is 48.7 Å². The molecule has 0 unspecified atom stereocenters. The van der Waals surface area contributed by atoms with Crippen molar-refractivity contribution in [3.05, 3.63) is 11.8 Å². The zero-order valence-corrected chi connectivity index (χ0v) is 11.3. The van der Waals surface area contributed by atoms with E-state index in [1.807, 2.05) is 0 Å². The third-order valence-corrected chi connectivity index (χ3v) is 2.36. The minimum atomic E-state index is -1.90. The van der Waals surface area contributed by atoms with E-state index in [9.17, 15) is 4.79 Å². The molecule has 0 rings (SSSR count). The summed E-state index contributed by atoms with van der Waals surface area (Å²) in [5.41, 5.74) is 0. The van der Waals surface area contributed by atoms with E-state index in [1.165, 1.54) is 13.2 Å². The maximum absolute atomic E-state index is 11.3. The van der Waals surface area contributed by atoms with Crippen LogP contribution in [-0.4, -0.2) is 16.7 Å². The van der Waals surface area contributed by atoms with Crippen molar-refractivity contribution >= 4 is 40.6 Å². The van der Waals surface area contributed by atoms with E-state index in [2.05, 4.69) is 13.8 Å². The van der Waals surface area contributed by atoms with Crippen LogP contribution in [0.4, 0.5) is 0 Å². The molecule has 0 aliphatic heterocycles. The highest BCUT2D eigenvalue weighted by Gasteiger charge is 2.28. The summed E-state index contributed by atoms with van der Waals surface area (Å²) in [5.74, 6) is 0.500. The molecule has 0 N–H and O–H groups in total. The van der Waals surface area contributed by atoms with E-state index < -0.39 is 9.58 Å². The summed E-state index contributed by atoms with van der Waals surface area (Å²) in [6.45, 7) is 4.17. The van der Waals surface area contributed by atoms with Crippen LogP contribution in [0.5, 0.6) is 0 Å². The molecule has 0 bridgehead atoms. The Morgan fingerprint density at radius 3 is 2.27 bits per heavy atom. The first-order valence-corrected chi connectivity index (χ1v) is 5.76. The van der Waals surface area contributed by atoms with Crippen LogP contribution in [0, 0.1) is 5.92 Å². The van der Waals surface area contributed by atoms with E-state index in [-0.39, 0.29) is 0 Å². The number of halogens is 3. The van der Waals surface area contributed by atoms with Crippen molar-refractivity contribution in [2.75, 3.05) is 7.11 Å². The lowest BCUT2D eigenvalue weighted by Crippen LogP contribution is -2.16. The number of allylic oxidation sites excluding steroid dienone is 2. The average Bonchev–Trinajstić information content (AvgIpc) is 2.09. The molecule has 0 saturated heterocycles. The van der Waals surface area contributed by atoms with Crippen LogP contribution in [0.25, 0.3) is 0 Å². The fourth-order valence-electron chi connectivity index (χ4n) is 0.892. The molecule has 0 aromatic heterocycles. The summed E-state index contributed by atoms with van der Waals surface area (Å²) < 4.78 is 3.13. The van der Waals surface area contributed by atoms with Gasteiger partial charge in [-0.25, -0.2) is 0 Å². The summed E-state index contributed by atoms with van der Waals surface area (Å²) in [6, 6.07) is 0. The summed E-state index contributed by atoms with van der Waals surface area (Å²) in [7, 11) is 1.50. The summed E-state index contributed by atoms with van der Waals surface area (Å²) in [6.07, 6.45) is 2.84. The topological polar surface area (TPSA) is 26.3 Å². The maximum atomic E-state index is 11.3. The van der Waals surface area contributed by atoms with E-state index in [1.54, 1.807) is 0 Å². The fraction of sp³-hybridized carbons (Fsp3) is 0.700. The van der Waals surface area contributed by atoms with Crippen LogP contribution in [0.3, 0.4) is 0 Å². The smallest absolute Gasteiger partial charge is 0.252 e. The largest absolute Gasteiger partial charge is 0.501 e. The van der Waals surface area contributed by atoms with Gasteiger partial charge in [0.2, 0.25) is 5.78 Å². The number of ketones is 1. The van der Waals surface area contributed by atoms with Gasteiger partial charge in [0.15, 0.2) is 0 Å². The van der Waals surface area contributed by atoms with Crippen LogP contribution < -0.4 is 0 Å². The molecule has 0 radical (unpaired) electrons. The van der Waals surface area contributed by atoms with Crippen LogP contribution >= 0.6 is 34.8 Å². The molecular weight excluding hydrogens is 258 g/mol. The number of alkyl halides is 3. The van der Waals surface area contributed by atoms with Gasteiger partial charge in [0.25, 0.3) is 3.79 Å². The molecule has 0 aromatic rings. The van der Waals surface area contributed by atoms with Crippen LogP contribution in [0.15, 0.2) is 11.8 Å². The van der Waals surface area contributed by atoms with Gasteiger partial charge in [0.05, 0.1) is 12.9 Å². The Morgan fingerprint density at radius 2 is 1.93 bits per heavy atom. The molecule has 15 heavy (non-hydrogen) atoms. The second-order valence-electron chi connectivity index (χ2n) is 3.61. The van der Waals surface area contributed by atoms with Gasteiger partial charge in [-0.15, -0.1) is 0 Å². The van der Waals surface area contributed by atoms with Crippen LogP contribution in [0.2, 0.25) is 0 Å². The molecule has 88 valence electrons. The first-order valence-electron chi connectivity index (χ1n) is 4.63. The Hall–Kier alpha value is 0.0800. The highest BCUT2D eigenvalue weighted by molar-refractivity contribution is 6.77. The normalized spacial score (nSPS) is 13.1. The summed E-state index contributed by atoms with van der Waals surface area (Å²) in [4.78, 5) is 11.3. The second kappa shape index (κ2) is 6.62. The molecular formula is C10H15Cl3O2. The number of carbonyl (C=O) groups is 1. The predicted molar refractivity (Wildman–Crippen MR) is 64.5 cm³/mol. The standard InChI is InChI=1S/C10H15Cl3O2/c1-7(2)4-5-8(15-3)6-9(14)10(11,12)13/h6-7H,4-5H2,1-3H3/b8-6+. The molecule has 0 aliphatic rings. The van der Waals surface area contributed by atoms with Crippen molar-refractivity contribution < 1.29 is 9.53 Å². The second-order valence-corrected chi connectivity index (χ2v) is 5.89. The first-order chi connectivity index (χ1) is 6.77. The van der Waals surface area contributed by atoms with Gasteiger partial charge in [-0.05, 0) is 12.3 Å². The van der Waals surface area contributed by atoms with E-state index in [0.29, 0.717) is 18.1 Å². The lowest BCUT2D eigenvalue weighted by Gasteiger charge is -2.10. The molecule has 2 nitrogen and oxygen atoms in total. The average molecular weight is 274 g/mol. The molecule has 0 aliphatic carbocycles. The van der Waals surface area contributed by atoms with Crippen LogP contribution in [-0.2, 0) is 9.53 Å². The number of rotatable bonds is 5. The Bertz CT molecular complexity index is 242. The third-order valence-electron chi connectivity index (χ3n) is 1.80. The number of ether oxygens (including phenoxy) is 1. The van der Waals surface area contributed by atoms with Crippen molar-refractivity contribution in [3.63, 3.8) is 0 Å². The molecule has 5 heteroatoms. The number of hydrogen-bond acceptors (Lipinski definition) is 2. The SMILES string of the molecule is CO/C(=C/C(=O)C(Cl)(Cl)Cl)CCC(C)C. The van der Waals surface area contributed by atoms with Crippen molar-refractivity contribution in [3.8, 4) is 0 Å². The van der Waals surface area contributed by atoms with Crippen molar-refractivity contribution in [2.24, 2.45) is 5.92 Å². The van der Waals surface area contributed by atoms with Gasteiger partial charge in [-0.2, -0.15) is 0 Å². The van der Waals surface area contributed by atoms with E-state index >= 15 is 0 Å². The molecule has 0 spiro atoms. The third kappa shape index (κ3) is 7.04. The monoisotopic (exact) mass is 272 g/mol. The fourth-order valence-corrected chi connectivity index (χ4v) is 1.06. The van der Waals surface area contributed by atoms with Gasteiger partial charge in [0, 0.05) is 12.5 Å². The minimum Gasteiger partial charge on any atom is -0.501 e. The molecule has 0 fully saturated rings. The van der Waals surface area contributed by atoms with Gasteiger partial charge in [-0.3, -0.25) is 4.79 Å². The number of methoxy groups -OCH3 is 1. The molecule has 0 aromatic carbocycles. The van der Waals surface area contributed by atoms with Crippen LogP contribution in [0.1, 0.15) is 26.7 Å². The van der Waals surface area contributed by atoms with Crippen molar-refractivity contribution in [2.45, 2.75) is 30.5 Å². The number of carbonyl (C=O) groups excluding carboxylic acids is 1. The lowest BCUT2D eigenvalue weighted by atomic mass is 10.1. The predicted octanol–water partition coefficient (Wildman–Crippen LogP) is 3.89. The highest BCUT2D eigenvalue weighted by atomic mass is 35.6. The zero-order valence-electron chi connectivity index (χ0n) is 9.02. The van der Waals surface area contributed by atoms with E-state index in [4.69, 9.17) is 39.5 Å². The summed E-state index contributed by atoms with van der Waals surface area (Å²) >= 11 is 16.3. The van der Waals surface area contributed by atoms with Gasteiger partial charge < -0.3 is 4.74 Å². The first kappa shape index (κ1) is 15.1.